The van der Waals surface area contributed by atoms with Crippen molar-refractivity contribution in [2.45, 2.75) is 51.5 Å². The van der Waals surface area contributed by atoms with E-state index in [-0.39, 0.29) is 17.8 Å². The Balaban J connectivity index is 1.82. The number of esters is 1. The van der Waals surface area contributed by atoms with Gasteiger partial charge in [0.2, 0.25) is 11.9 Å². The summed E-state index contributed by atoms with van der Waals surface area (Å²) in [5.74, 6) is 0.0707. The summed E-state index contributed by atoms with van der Waals surface area (Å²) in [6, 6.07) is 9.20. The fourth-order valence-electron chi connectivity index (χ4n) is 3.68. The largest absolute Gasteiger partial charge is 0.456 e. The van der Waals surface area contributed by atoms with Crippen molar-refractivity contribution < 1.29 is 14.3 Å². The average molecular weight is 468 g/mol. The second-order valence-corrected chi connectivity index (χ2v) is 10.1. The van der Waals surface area contributed by atoms with Gasteiger partial charge in [-0.05, 0) is 63.6 Å². The van der Waals surface area contributed by atoms with Crippen LogP contribution in [0.15, 0.2) is 35.4 Å². The zero-order chi connectivity index (χ0) is 24.4. The normalized spacial score (nSPS) is 18.4. The first-order valence-electron chi connectivity index (χ1n) is 10.8. The van der Waals surface area contributed by atoms with Gasteiger partial charge in [0.1, 0.15) is 16.8 Å². The van der Waals surface area contributed by atoms with Crippen molar-refractivity contribution >= 4 is 41.1 Å². The quantitative estimate of drug-likeness (QED) is 0.477. The Bertz CT molecular complexity index is 1110. The summed E-state index contributed by atoms with van der Waals surface area (Å²) in [7, 11) is 0. The van der Waals surface area contributed by atoms with Crippen LogP contribution in [0.2, 0.25) is 0 Å². The third kappa shape index (κ3) is 5.11. The van der Waals surface area contributed by atoms with Crippen LogP contribution in [-0.4, -0.2) is 40.2 Å². The van der Waals surface area contributed by atoms with E-state index in [0.717, 1.165) is 4.90 Å². The Morgan fingerprint density at radius 1 is 1.33 bits per heavy atom. The van der Waals surface area contributed by atoms with Gasteiger partial charge < -0.3 is 10.1 Å². The molecule has 1 amide bonds. The molecule has 174 valence electrons. The summed E-state index contributed by atoms with van der Waals surface area (Å²) in [5, 5.41) is 12.8. The van der Waals surface area contributed by atoms with E-state index in [4.69, 9.17) is 4.74 Å². The van der Waals surface area contributed by atoms with Gasteiger partial charge in [0.15, 0.2) is 0 Å². The zero-order valence-electron chi connectivity index (χ0n) is 19.8. The minimum absolute atomic E-state index is 0.0899. The molecular formula is C24H29N5O3S. The third-order valence-corrected chi connectivity index (χ3v) is 6.31. The van der Waals surface area contributed by atoms with Crippen molar-refractivity contribution in [2.24, 2.45) is 11.3 Å². The maximum Gasteiger partial charge on any atom is 0.339 e. The van der Waals surface area contributed by atoms with Gasteiger partial charge in [0.25, 0.3) is 0 Å². The van der Waals surface area contributed by atoms with Crippen LogP contribution in [0, 0.1) is 22.7 Å². The van der Waals surface area contributed by atoms with Crippen LogP contribution in [0.1, 0.15) is 51.4 Å². The maximum absolute atomic E-state index is 13.0. The second kappa shape index (κ2) is 9.40. The van der Waals surface area contributed by atoms with Crippen LogP contribution in [0.4, 0.5) is 17.5 Å². The fraction of sp³-hybridized carbons (Fsp3) is 0.458. The summed E-state index contributed by atoms with van der Waals surface area (Å²) in [4.78, 5) is 36.6. The molecule has 2 heterocycles. The first kappa shape index (κ1) is 24.5. The predicted molar refractivity (Wildman–Crippen MR) is 129 cm³/mol. The molecule has 0 radical (unpaired) electrons. The van der Waals surface area contributed by atoms with Gasteiger partial charge in [-0.1, -0.05) is 13.8 Å². The molecule has 0 aliphatic carbocycles. The van der Waals surface area contributed by atoms with E-state index in [0.29, 0.717) is 36.0 Å². The lowest BCUT2D eigenvalue weighted by atomic mass is 9.77. The molecule has 2 aromatic rings. The van der Waals surface area contributed by atoms with Gasteiger partial charge in [-0.25, -0.2) is 9.78 Å². The van der Waals surface area contributed by atoms with Crippen LogP contribution in [-0.2, 0) is 9.53 Å². The number of nitriles is 1. The van der Waals surface area contributed by atoms with Crippen LogP contribution in [0.5, 0.6) is 0 Å². The van der Waals surface area contributed by atoms with Crippen LogP contribution < -0.4 is 10.2 Å². The summed E-state index contributed by atoms with van der Waals surface area (Å²) >= 11 is 1.44. The van der Waals surface area contributed by atoms with Crippen molar-refractivity contribution in [1.29, 1.82) is 5.26 Å². The number of carbonyl (C=O) groups excluding carboxylic acids is 2. The van der Waals surface area contributed by atoms with Gasteiger partial charge >= 0.3 is 5.97 Å². The van der Waals surface area contributed by atoms with E-state index >= 15 is 0 Å². The smallest absolute Gasteiger partial charge is 0.339 e. The SMILES string of the molecule is CSc1cc(Nc2nccc(N3CC[C@@](C#N)(C(C)C)C3=O)n2)ccc1C(=O)OC(C)(C)C. The van der Waals surface area contributed by atoms with Crippen molar-refractivity contribution in [1.82, 2.24) is 9.97 Å². The molecule has 1 atom stereocenters. The molecular weight excluding hydrogens is 438 g/mol. The summed E-state index contributed by atoms with van der Waals surface area (Å²) in [6.07, 6.45) is 3.93. The molecule has 3 rings (SSSR count). The second-order valence-electron chi connectivity index (χ2n) is 9.23. The van der Waals surface area contributed by atoms with Gasteiger partial charge in [0.05, 0.1) is 11.6 Å². The highest BCUT2D eigenvalue weighted by molar-refractivity contribution is 7.98. The first-order valence-corrected chi connectivity index (χ1v) is 12.0. The number of hydrogen-bond donors (Lipinski definition) is 1. The van der Waals surface area contributed by atoms with Crippen molar-refractivity contribution in [3.63, 3.8) is 0 Å². The number of ether oxygens (including phenoxy) is 1. The standard InChI is InChI=1S/C24H29N5O3S/c1-15(2)24(14-25)10-12-29(21(24)31)19-9-11-26-22(28-19)27-16-7-8-17(18(13-16)33-6)20(30)32-23(3,4)5/h7-9,11,13,15H,10,12H2,1-6H3,(H,26,27,28)/t24-/m1/s1. The van der Waals surface area contributed by atoms with E-state index in [1.54, 1.807) is 29.3 Å². The molecule has 0 saturated carbocycles. The van der Waals surface area contributed by atoms with Gasteiger partial charge in [-0.15, -0.1) is 11.8 Å². The summed E-state index contributed by atoms with van der Waals surface area (Å²) < 4.78 is 5.49. The number of nitrogens with zero attached hydrogens (tertiary/aromatic N) is 4. The Hall–Kier alpha value is -3.12. The molecule has 8 nitrogen and oxygen atoms in total. The molecule has 1 aromatic carbocycles. The van der Waals surface area contributed by atoms with Crippen molar-refractivity contribution in [2.75, 3.05) is 23.0 Å². The summed E-state index contributed by atoms with van der Waals surface area (Å²) in [6.45, 7) is 9.70. The number of aromatic nitrogens is 2. The van der Waals surface area contributed by atoms with Crippen LogP contribution in [0.25, 0.3) is 0 Å². The molecule has 1 aromatic heterocycles. The third-order valence-electron chi connectivity index (χ3n) is 5.54. The van der Waals surface area contributed by atoms with Crippen molar-refractivity contribution in [3.8, 4) is 6.07 Å². The number of nitrogens with one attached hydrogen (secondary N) is 1. The monoisotopic (exact) mass is 467 g/mol. The highest BCUT2D eigenvalue weighted by Gasteiger charge is 2.50. The van der Waals surface area contributed by atoms with E-state index in [9.17, 15) is 14.9 Å². The van der Waals surface area contributed by atoms with Gasteiger partial charge in [0, 0.05) is 23.3 Å². The number of thioether (sulfide) groups is 1. The molecule has 1 fully saturated rings. The summed E-state index contributed by atoms with van der Waals surface area (Å²) in [5.41, 5.74) is -0.417. The maximum atomic E-state index is 13.0. The number of anilines is 3. The van der Waals surface area contributed by atoms with Gasteiger partial charge in [-0.2, -0.15) is 10.2 Å². The van der Waals surface area contributed by atoms with E-state index < -0.39 is 11.0 Å². The molecule has 0 spiro atoms. The molecule has 0 bridgehead atoms. The molecule has 1 aliphatic heterocycles. The number of hydrogen-bond acceptors (Lipinski definition) is 8. The lowest BCUT2D eigenvalue weighted by Gasteiger charge is -2.24. The fourth-order valence-corrected chi connectivity index (χ4v) is 4.30. The van der Waals surface area contributed by atoms with Gasteiger partial charge in [-0.3, -0.25) is 9.69 Å². The van der Waals surface area contributed by atoms with Crippen molar-refractivity contribution in [3.05, 3.63) is 36.0 Å². The highest BCUT2D eigenvalue weighted by atomic mass is 32.2. The number of benzene rings is 1. The number of rotatable bonds is 6. The minimum Gasteiger partial charge on any atom is -0.456 e. The van der Waals surface area contributed by atoms with E-state index in [1.165, 1.54) is 11.8 Å². The van der Waals surface area contributed by atoms with Crippen LogP contribution in [0.3, 0.4) is 0 Å². The number of carbonyl (C=O) groups is 2. The zero-order valence-corrected chi connectivity index (χ0v) is 20.6. The Kier molecular flexibility index (Phi) is 6.98. The minimum atomic E-state index is -1.02. The predicted octanol–water partition coefficient (Wildman–Crippen LogP) is 4.80. The lowest BCUT2D eigenvalue weighted by Crippen LogP contribution is -2.37. The highest BCUT2D eigenvalue weighted by Crippen LogP contribution is 2.40. The Morgan fingerprint density at radius 3 is 2.64 bits per heavy atom. The topological polar surface area (TPSA) is 108 Å². The lowest BCUT2D eigenvalue weighted by molar-refractivity contribution is -0.124. The molecule has 0 unspecified atom stereocenters. The van der Waals surface area contributed by atoms with E-state index in [1.807, 2.05) is 46.9 Å². The molecule has 1 saturated heterocycles. The van der Waals surface area contributed by atoms with E-state index in [2.05, 4.69) is 21.4 Å². The Morgan fingerprint density at radius 2 is 2.06 bits per heavy atom. The molecule has 1 aliphatic rings. The average Bonchev–Trinajstić information content (AvgIpc) is 3.10. The Labute approximate surface area is 198 Å². The molecule has 33 heavy (non-hydrogen) atoms. The first-order chi connectivity index (χ1) is 15.5. The molecule has 1 N–H and O–H groups in total. The number of amides is 1. The molecule has 9 heteroatoms. The van der Waals surface area contributed by atoms with Crippen LogP contribution >= 0.6 is 11.8 Å².